The van der Waals surface area contributed by atoms with Crippen molar-refractivity contribution < 1.29 is 4.52 Å². The van der Waals surface area contributed by atoms with Crippen LogP contribution in [0.1, 0.15) is 38.4 Å². The van der Waals surface area contributed by atoms with Crippen LogP contribution in [0.3, 0.4) is 0 Å². The van der Waals surface area contributed by atoms with E-state index in [-0.39, 0.29) is 0 Å². The third-order valence-electron chi connectivity index (χ3n) is 1.82. The summed E-state index contributed by atoms with van der Waals surface area (Å²) in [6, 6.07) is 0. The van der Waals surface area contributed by atoms with Gasteiger partial charge in [0, 0.05) is 17.7 Å². The summed E-state index contributed by atoms with van der Waals surface area (Å²) in [6.45, 7) is 6.86. The zero-order chi connectivity index (χ0) is 10.6. The molecular formula is C9H17N3OS. The Kier molecular flexibility index (Phi) is 4.41. The van der Waals surface area contributed by atoms with Gasteiger partial charge in [0.25, 0.3) is 0 Å². The molecule has 0 fully saturated rings. The van der Waals surface area contributed by atoms with Gasteiger partial charge in [0.1, 0.15) is 0 Å². The van der Waals surface area contributed by atoms with E-state index in [0.717, 1.165) is 11.6 Å². The van der Waals surface area contributed by atoms with Gasteiger partial charge in [-0.05, 0) is 0 Å². The molecule has 1 aromatic heterocycles. The quantitative estimate of drug-likeness (QED) is 0.811. The van der Waals surface area contributed by atoms with Crippen LogP contribution < -0.4 is 5.73 Å². The van der Waals surface area contributed by atoms with Gasteiger partial charge in [0.15, 0.2) is 5.82 Å². The number of thioether (sulfide) groups is 1. The van der Waals surface area contributed by atoms with Crippen molar-refractivity contribution in [3.8, 4) is 0 Å². The molecule has 0 spiro atoms. The lowest BCUT2D eigenvalue weighted by Crippen LogP contribution is -2.12. The fraction of sp³-hybridized carbons (Fsp3) is 0.778. The molecule has 0 aliphatic rings. The Balaban J connectivity index is 2.44. The molecule has 80 valence electrons. The molecular weight excluding hydrogens is 198 g/mol. The molecule has 0 aliphatic heterocycles. The van der Waals surface area contributed by atoms with Crippen molar-refractivity contribution in [3.05, 3.63) is 11.7 Å². The summed E-state index contributed by atoms with van der Waals surface area (Å²) in [5.74, 6) is 2.54. The molecule has 1 unspecified atom stereocenters. The molecule has 1 rings (SSSR count). The molecule has 0 saturated carbocycles. The van der Waals surface area contributed by atoms with E-state index in [1.165, 1.54) is 0 Å². The van der Waals surface area contributed by atoms with Gasteiger partial charge in [-0.25, -0.2) is 0 Å². The van der Waals surface area contributed by atoms with Gasteiger partial charge in [-0.1, -0.05) is 25.9 Å². The van der Waals surface area contributed by atoms with Crippen LogP contribution >= 0.6 is 11.8 Å². The van der Waals surface area contributed by atoms with Crippen LogP contribution in [0.2, 0.25) is 0 Å². The summed E-state index contributed by atoms with van der Waals surface area (Å²) in [6.07, 6.45) is 0. The Labute approximate surface area is 88.6 Å². The summed E-state index contributed by atoms with van der Waals surface area (Å²) in [5, 5.41) is 4.32. The van der Waals surface area contributed by atoms with E-state index in [4.69, 9.17) is 10.3 Å². The summed E-state index contributed by atoms with van der Waals surface area (Å²) < 4.78 is 5.10. The maximum absolute atomic E-state index is 5.50. The third-order valence-corrected chi connectivity index (χ3v) is 3.00. The average Bonchev–Trinajstić information content (AvgIpc) is 2.62. The van der Waals surface area contributed by atoms with E-state index in [1.54, 1.807) is 11.8 Å². The SMILES string of the molecule is CC(CN)SCc1nc(C(C)C)no1. The summed E-state index contributed by atoms with van der Waals surface area (Å²) >= 11 is 1.73. The standard InChI is InChI=1S/C9H17N3OS/c1-6(2)9-11-8(13-12-9)5-14-7(3)4-10/h6-7H,4-5,10H2,1-3H3. The van der Waals surface area contributed by atoms with Gasteiger partial charge < -0.3 is 10.3 Å². The lowest BCUT2D eigenvalue weighted by atomic mass is 10.2. The molecule has 1 aromatic rings. The molecule has 0 radical (unpaired) electrons. The Bertz CT molecular complexity index is 275. The Morgan fingerprint density at radius 1 is 1.43 bits per heavy atom. The van der Waals surface area contributed by atoms with Crippen molar-refractivity contribution in [2.75, 3.05) is 6.54 Å². The van der Waals surface area contributed by atoms with E-state index in [0.29, 0.717) is 23.6 Å². The molecule has 0 aliphatic carbocycles. The summed E-state index contributed by atoms with van der Waals surface area (Å²) in [5.41, 5.74) is 5.50. The normalized spacial score (nSPS) is 13.5. The number of nitrogens with zero attached hydrogens (tertiary/aromatic N) is 2. The Hall–Kier alpha value is -0.550. The first kappa shape index (κ1) is 11.5. The van der Waals surface area contributed by atoms with Crippen molar-refractivity contribution in [2.45, 2.75) is 37.7 Å². The average molecular weight is 215 g/mol. The Morgan fingerprint density at radius 3 is 2.64 bits per heavy atom. The largest absolute Gasteiger partial charge is 0.338 e. The molecule has 1 heterocycles. The fourth-order valence-electron chi connectivity index (χ4n) is 0.843. The predicted molar refractivity (Wildman–Crippen MR) is 58.2 cm³/mol. The van der Waals surface area contributed by atoms with E-state index >= 15 is 0 Å². The lowest BCUT2D eigenvalue weighted by Gasteiger charge is -2.04. The highest BCUT2D eigenvalue weighted by atomic mass is 32.2. The van der Waals surface area contributed by atoms with E-state index < -0.39 is 0 Å². The van der Waals surface area contributed by atoms with Gasteiger partial charge in [0.2, 0.25) is 5.89 Å². The molecule has 1 atom stereocenters. The number of rotatable bonds is 5. The van der Waals surface area contributed by atoms with E-state index in [9.17, 15) is 0 Å². The van der Waals surface area contributed by atoms with Crippen LogP contribution in [0.15, 0.2) is 4.52 Å². The molecule has 0 amide bonds. The van der Waals surface area contributed by atoms with Gasteiger partial charge in [-0.3, -0.25) is 0 Å². The van der Waals surface area contributed by atoms with Crippen molar-refractivity contribution in [3.63, 3.8) is 0 Å². The molecule has 5 heteroatoms. The molecule has 0 saturated heterocycles. The topological polar surface area (TPSA) is 64.9 Å². The maximum Gasteiger partial charge on any atom is 0.236 e. The minimum Gasteiger partial charge on any atom is -0.338 e. The first-order valence-electron chi connectivity index (χ1n) is 4.77. The van der Waals surface area contributed by atoms with Gasteiger partial charge in [-0.15, -0.1) is 11.8 Å². The number of aromatic nitrogens is 2. The highest BCUT2D eigenvalue weighted by Gasteiger charge is 2.10. The van der Waals surface area contributed by atoms with E-state index in [1.807, 2.05) is 13.8 Å². The fourth-order valence-corrected chi connectivity index (χ4v) is 1.52. The van der Waals surface area contributed by atoms with Crippen LogP contribution in [-0.4, -0.2) is 21.9 Å². The van der Waals surface area contributed by atoms with Crippen LogP contribution in [0, 0.1) is 0 Å². The van der Waals surface area contributed by atoms with Crippen molar-refractivity contribution in [1.82, 2.24) is 10.1 Å². The maximum atomic E-state index is 5.50. The molecule has 14 heavy (non-hydrogen) atoms. The van der Waals surface area contributed by atoms with Crippen LogP contribution in [0.4, 0.5) is 0 Å². The van der Waals surface area contributed by atoms with Crippen molar-refractivity contribution in [1.29, 1.82) is 0 Å². The first-order valence-corrected chi connectivity index (χ1v) is 5.82. The monoisotopic (exact) mass is 215 g/mol. The van der Waals surface area contributed by atoms with E-state index in [2.05, 4.69) is 17.1 Å². The number of hydrogen-bond acceptors (Lipinski definition) is 5. The minimum atomic E-state index is 0.324. The molecule has 0 aromatic carbocycles. The van der Waals surface area contributed by atoms with Crippen molar-refractivity contribution >= 4 is 11.8 Å². The second kappa shape index (κ2) is 5.36. The smallest absolute Gasteiger partial charge is 0.236 e. The number of nitrogens with two attached hydrogens (primary N) is 1. The minimum absolute atomic E-state index is 0.324. The third kappa shape index (κ3) is 3.31. The first-order chi connectivity index (χ1) is 6.63. The van der Waals surface area contributed by atoms with Crippen molar-refractivity contribution in [2.24, 2.45) is 5.73 Å². The van der Waals surface area contributed by atoms with Gasteiger partial charge in [-0.2, -0.15) is 4.98 Å². The zero-order valence-corrected chi connectivity index (χ0v) is 9.67. The predicted octanol–water partition coefficient (Wildman–Crippen LogP) is 1.77. The highest BCUT2D eigenvalue weighted by Crippen LogP contribution is 2.17. The molecule has 4 nitrogen and oxygen atoms in total. The molecule has 2 N–H and O–H groups in total. The van der Waals surface area contributed by atoms with Gasteiger partial charge in [0.05, 0.1) is 5.75 Å². The number of hydrogen-bond donors (Lipinski definition) is 1. The second-order valence-electron chi connectivity index (χ2n) is 3.56. The van der Waals surface area contributed by atoms with Gasteiger partial charge >= 0.3 is 0 Å². The second-order valence-corrected chi connectivity index (χ2v) is 4.99. The lowest BCUT2D eigenvalue weighted by molar-refractivity contribution is 0.382. The Morgan fingerprint density at radius 2 is 2.14 bits per heavy atom. The highest BCUT2D eigenvalue weighted by molar-refractivity contribution is 7.99. The zero-order valence-electron chi connectivity index (χ0n) is 8.86. The van der Waals surface area contributed by atoms with Crippen LogP contribution in [0.5, 0.6) is 0 Å². The summed E-state index contributed by atoms with van der Waals surface area (Å²) in [4.78, 5) is 4.28. The van der Waals surface area contributed by atoms with Crippen LogP contribution in [0.25, 0.3) is 0 Å². The molecule has 0 bridgehead atoms. The van der Waals surface area contributed by atoms with Crippen LogP contribution in [-0.2, 0) is 5.75 Å². The summed E-state index contributed by atoms with van der Waals surface area (Å²) in [7, 11) is 0.